The number of nitrogens with zero attached hydrogens (tertiary/aromatic N) is 4. The molecule has 1 aromatic carbocycles. The summed E-state index contributed by atoms with van der Waals surface area (Å²) in [6.07, 6.45) is 5.22. The second-order valence-electron chi connectivity index (χ2n) is 6.98. The van der Waals surface area contributed by atoms with Gasteiger partial charge in [0.2, 0.25) is 11.7 Å². The number of benzene rings is 1. The van der Waals surface area contributed by atoms with Crippen LogP contribution in [0.2, 0.25) is 0 Å². The van der Waals surface area contributed by atoms with Gasteiger partial charge in [0.15, 0.2) is 0 Å². The highest BCUT2D eigenvalue weighted by atomic mass is 16.5. The van der Waals surface area contributed by atoms with Crippen molar-refractivity contribution in [3.8, 4) is 11.4 Å². The van der Waals surface area contributed by atoms with Crippen molar-refractivity contribution in [2.24, 2.45) is 5.92 Å². The van der Waals surface area contributed by atoms with Gasteiger partial charge in [0.1, 0.15) is 6.54 Å². The molecule has 1 saturated carbocycles. The van der Waals surface area contributed by atoms with E-state index in [0.717, 1.165) is 17.5 Å². The van der Waals surface area contributed by atoms with Crippen molar-refractivity contribution in [2.45, 2.75) is 52.2 Å². The van der Waals surface area contributed by atoms with E-state index in [2.05, 4.69) is 27.7 Å². The van der Waals surface area contributed by atoms with Crippen LogP contribution in [0.1, 0.15) is 38.2 Å². The third kappa shape index (κ3) is 4.88. The molecule has 0 aliphatic heterocycles. The van der Waals surface area contributed by atoms with Gasteiger partial charge in [-0.1, -0.05) is 44.0 Å². The normalized spacial score (nSPS) is 20.1. The van der Waals surface area contributed by atoms with Gasteiger partial charge in [-0.15, -0.1) is 10.2 Å². The van der Waals surface area contributed by atoms with Gasteiger partial charge in [0, 0.05) is 12.1 Å². The minimum absolute atomic E-state index is 0.0543. The van der Waals surface area contributed by atoms with E-state index in [4.69, 9.17) is 4.74 Å². The Bertz CT molecular complexity index is 730. The molecule has 1 aromatic heterocycles. The molecular formula is C19H27N5O2. The van der Waals surface area contributed by atoms with Crippen molar-refractivity contribution in [1.82, 2.24) is 25.5 Å². The lowest BCUT2D eigenvalue weighted by Gasteiger charge is -2.28. The summed E-state index contributed by atoms with van der Waals surface area (Å²) >= 11 is 0. The summed E-state index contributed by atoms with van der Waals surface area (Å²) in [4.78, 5) is 13.4. The third-order valence-electron chi connectivity index (χ3n) is 4.91. The Morgan fingerprint density at radius 2 is 2.12 bits per heavy atom. The average molecular weight is 357 g/mol. The number of aromatic nitrogens is 4. The molecule has 1 aliphatic carbocycles. The number of carbonyl (C=O) groups is 1. The Labute approximate surface area is 154 Å². The standard InChI is InChI=1S/C19H27N5O2/c1-14-7-3-5-9-16(14)19-21-23-24(22-19)13-18(25)20-11-12-26-17-10-6-4-8-15(17)2/h3,5,7,9,15,17H,4,6,8,10-13H2,1-2H3,(H,20,25)/t15-,17-/m1/s1. The van der Waals surface area contributed by atoms with Crippen molar-refractivity contribution in [3.05, 3.63) is 29.8 Å². The zero-order valence-corrected chi connectivity index (χ0v) is 15.5. The molecule has 1 amide bonds. The quantitative estimate of drug-likeness (QED) is 0.769. The summed E-state index contributed by atoms with van der Waals surface area (Å²) in [7, 11) is 0. The number of amides is 1. The number of tetrazole rings is 1. The Morgan fingerprint density at radius 3 is 2.92 bits per heavy atom. The molecule has 0 bridgehead atoms. The van der Waals surface area contributed by atoms with E-state index in [-0.39, 0.29) is 12.5 Å². The van der Waals surface area contributed by atoms with Gasteiger partial charge in [0.25, 0.3) is 0 Å². The minimum Gasteiger partial charge on any atom is -0.376 e. The lowest BCUT2D eigenvalue weighted by Crippen LogP contribution is -2.33. The molecule has 3 rings (SSSR count). The molecule has 0 radical (unpaired) electrons. The highest BCUT2D eigenvalue weighted by Crippen LogP contribution is 2.26. The van der Waals surface area contributed by atoms with Gasteiger partial charge in [-0.2, -0.15) is 4.80 Å². The fourth-order valence-corrected chi connectivity index (χ4v) is 3.36. The van der Waals surface area contributed by atoms with Crippen LogP contribution in [-0.4, -0.2) is 45.4 Å². The highest BCUT2D eigenvalue weighted by Gasteiger charge is 2.21. The van der Waals surface area contributed by atoms with E-state index in [1.165, 1.54) is 24.1 Å². The lowest BCUT2D eigenvalue weighted by atomic mass is 9.88. The van der Waals surface area contributed by atoms with Gasteiger partial charge in [-0.3, -0.25) is 4.79 Å². The Kier molecular flexibility index (Phi) is 6.33. The van der Waals surface area contributed by atoms with Crippen molar-refractivity contribution in [2.75, 3.05) is 13.2 Å². The first-order chi connectivity index (χ1) is 12.6. The molecular weight excluding hydrogens is 330 g/mol. The molecule has 0 spiro atoms. The average Bonchev–Trinajstić information content (AvgIpc) is 3.08. The van der Waals surface area contributed by atoms with Crippen molar-refractivity contribution < 1.29 is 9.53 Å². The Morgan fingerprint density at radius 1 is 1.31 bits per heavy atom. The lowest BCUT2D eigenvalue weighted by molar-refractivity contribution is -0.122. The van der Waals surface area contributed by atoms with E-state index in [1.807, 2.05) is 31.2 Å². The second-order valence-corrected chi connectivity index (χ2v) is 6.98. The Balaban J connectivity index is 1.42. The molecule has 0 unspecified atom stereocenters. The second kappa shape index (κ2) is 8.89. The summed E-state index contributed by atoms with van der Waals surface area (Å²) in [5.41, 5.74) is 2.00. The maximum atomic E-state index is 12.0. The van der Waals surface area contributed by atoms with Gasteiger partial charge < -0.3 is 10.1 Å². The van der Waals surface area contributed by atoms with E-state index < -0.39 is 0 Å². The van der Waals surface area contributed by atoms with Crippen LogP contribution in [-0.2, 0) is 16.1 Å². The minimum atomic E-state index is -0.140. The maximum absolute atomic E-state index is 12.0. The van der Waals surface area contributed by atoms with Gasteiger partial charge in [0.05, 0.1) is 12.7 Å². The zero-order valence-electron chi connectivity index (χ0n) is 15.5. The van der Waals surface area contributed by atoms with E-state index in [1.54, 1.807) is 0 Å². The summed E-state index contributed by atoms with van der Waals surface area (Å²) in [5.74, 6) is 1.00. The Hall–Kier alpha value is -2.28. The number of ether oxygens (including phenoxy) is 1. The fourth-order valence-electron chi connectivity index (χ4n) is 3.36. The van der Waals surface area contributed by atoms with Crippen LogP contribution in [0.25, 0.3) is 11.4 Å². The summed E-state index contributed by atoms with van der Waals surface area (Å²) < 4.78 is 5.91. The largest absolute Gasteiger partial charge is 0.376 e. The van der Waals surface area contributed by atoms with Crippen LogP contribution in [0.4, 0.5) is 0 Å². The van der Waals surface area contributed by atoms with Crippen molar-refractivity contribution in [1.29, 1.82) is 0 Å². The number of hydrogen-bond donors (Lipinski definition) is 1. The van der Waals surface area contributed by atoms with E-state index >= 15 is 0 Å². The number of carbonyl (C=O) groups excluding carboxylic acids is 1. The molecule has 26 heavy (non-hydrogen) atoms. The van der Waals surface area contributed by atoms with Crippen molar-refractivity contribution >= 4 is 5.91 Å². The monoisotopic (exact) mass is 357 g/mol. The molecule has 140 valence electrons. The molecule has 0 saturated heterocycles. The van der Waals surface area contributed by atoms with Crippen LogP contribution >= 0.6 is 0 Å². The van der Waals surface area contributed by atoms with Crippen LogP contribution in [0.15, 0.2) is 24.3 Å². The predicted molar refractivity (Wildman–Crippen MR) is 98.4 cm³/mol. The maximum Gasteiger partial charge on any atom is 0.243 e. The molecule has 1 aliphatic rings. The van der Waals surface area contributed by atoms with Crippen LogP contribution in [0, 0.1) is 12.8 Å². The predicted octanol–water partition coefficient (Wildman–Crippen LogP) is 2.36. The molecule has 1 heterocycles. The molecule has 7 nitrogen and oxygen atoms in total. The van der Waals surface area contributed by atoms with Crippen LogP contribution < -0.4 is 5.32 Å². The molecule has 1 fully saturated rings. The first-order valence-corrected chi connectivity index (χ1v) is 9.35. The van der Waals surface area contributed by atoms with Gasteiger partial charge >= 0.3 is 0 Å². The SMILES string of the molecule is Cc1ccccc1-c1nnn(CC(=O)NCCO[C@@H]2CCCC[C@H]2C)n1. The third-order valence-corrected chi connectivity index (χ3v) is 4.91. The zero-order chi connectivity index (χ0) is 18.4. The first kappa shape index (κ1) is 18.5. The topological polar surface area (TPSA) is 81.9 Å². The fraction of sp³-hybridized carbons (Fsp3) is 0.579. The first-order valence-electron chi connectivity index (χ1n) is 9.35. The highest BCUT2D eigenvalue weighted by molar-refractivity contribution is 5.75. The van der Waals surface area contributed by atoms with E-state index in [0.29, 0.717) is 31.0 Å². The molecule has 7 heteroatoms. The summed E-state index contributed by atoms with van der Waals surface area (Å²) in [5, 5.41) is 15.2. The smallest absolute Gasteiger partial charge is 0.243 e. The molecule has 2 atom stereocenters. The van der Waals surface area contributed by atoms with Crippen LogP contribution in [0.5, 0.6) is 0 Å². The number of rotatable bonds is 7. The van der Waals surface area contributed by atoms with Crippen molar-refractivity contribution in [3.63, 3.8) is 0 Å². The number of aryl methyl sites for hydroxylation is 1. The number of nitrogens with one attached hydrogen (secondary N) is 1. The van der Waals surface area contributed by atoms with Gasteiger partial charge in [-0.25, -0.2) is 0 Å². The summed E-state index contributed by atoms with van der Waals surface area (Å²) in [6.45, 7) is 5.33. The molecule has 2 aromatic rings. The van der Waals surface area contributed by atoms with Gasteiger partial charge in [-0.05, 0) is 36.5 Å². The van der Waals surface area contributed by atoms with E-state index in [9.17, 15) is 4.79 Å². The molecule has 1 N–H and O–H groups in total. The summed E-state index contributed by atoms with van der Waals surface area (Å²) in [6, 6.07) is 7.84. The number of hydrogen-bond acceptors (Lipinski definition) is 5. The van der Waals surface area contributed by atoms with Crippen LogP contribution in [0.3, 0.4) is 0 Å².